The molecule has 148 valence electrons. The summed E-state index contributed by atoms with van der Waals surface area (Å²) in [4.78, 5) is 26.9. The van der Waals surface area contributed by atoms with Crippen molar-refractivity contribution in [3.8, 4) is 11.1 Å². The Morgan fingerprint density at radius 3 is 2.39 bits per heavy atom. The standard InChI is InChI=1S/C23H28N2O3/c1-3-28-23(27)19-13-15-25(16-14-19)17(2)22(26)24-21-12-8-7-11-20(21)18-9-5-4-6-10-18/h4-12,17,19H,3,13-16H2,1-2H3,(H,24,26)/t17-/m0/s1. The van der Waals surface area contributed by atoms with Crippen molar-refractivity contribution in [3.05, 3.63) is 54.6 Å². The molecule has 0 bridgehead atoms. The Bertz CT molecular complexity index is 799. The molecule has 0 radical (unpaired) electrons. The predicted molar refractivity (Wildman–Crippen MR) is 111 cm³/mol. The van der Waals surface area contributed by atoms with Crippen LogP contribution in [0.15, 0.2) is 54.6 Å². The Hall–Kier alpha value is -2.66. The molecular formula is C23H28N2O3. The number of rotatable bonds is 6. The molecule has 5 heteroatoms. The third kappa shape index (κ3) is 4.78. The van der Waals surface area contributed by atoms with Gasteiger partial charge in [0.1, 0.15) is 0 Å². The molecule has 2 aromatic carbocycles. The number of hydrogen-bond donors (Lipinski definition) is 1. The fraction of sp³-hybridized carbons (Fsp3) is 0.391. The fourth-order valence-electron chi connectivity index (χ4n) is 3.65. The van der Waals surface area contributed by atoms with Crippen molar-refractivity contribution in [1.29, 1.82) is 0 Å². The maximum absolute atomic E-state index is 12.9. The number of carbonyl (C=O) groups is 2. The summed E-state index contributed by atoms with van der Waals surface area (Å²) < 4.78 is 5.12. The normalized spacial score (nSPS) is 16.4. The number of para-hydroxylation sites is 1. The van der Waals surface area contributed by atoms with E-state index in [-0.39, 0.29) is 23.8 Å². The number of amides is 1. The average Bonchev–Trinajstić information content (AvgIpc) is 2.74. The summed E-state index contributed by atoms with van der Waals surface area (Å²) in [6.07, 6.45) is 1.47. The van der Waals surface area contributed by atoms with Crippen LogP contribution in [0.3, 0.4) is 0 Å². The van der Waals surface area contributed by atoms with Gasteiger partial charge in [-0.2, -0.15) is 0 Å². The fourth-order valence-corrected chi connectivity index (χ4v) is 3.65. The summed E-state index contributed by atoms with van der Waals surface area (Å²) >= 11 is 0. The second-order valence-electron chi connectivity index (χ2n) is 7.14. The number of esters is 1. The van der Waals surface area contributed by atoms with E-state index in [2.05, 4.69) is 10.2 Å². The van der Waals surface area contributed by atoms with Crippen molar-refractivity contribution in [3.63, 3.8) is 0 Å². The lowest BCUT2D eigenvalue weighted by molar-refractivity contribution is -0.149. The summed E-state index contributed by atoms with van der Waals surface area (Å²) in [5.74, 6) is -0.195. The third-order valence-electron chi connectivity index (χ3n) is 5.35. The van der Waals surface area contributed by atoms with Crippen LogP contribution < -0.4 is 5.32 Å². The van der Waals surface area contributed by atoms with Crippen molar-refractivity contribution in [1.82, 2.24) is 4.90 Å². The molecule has 5 nitrogen and oxygen atoms in total. The number of nitrogens with zero attached hydrogens (tertiary/aromatic N) is 1. The van der Waals surface area contributed by atoms with Crippen LogP contribution in [-0.2, 0) is 14.3 Å². The Morgan fingerprint density at radius 1 is 1.07 bits per heavy atom. The first-order chi connectivity index (χ1) is 13.6. The van der Waals surface area contributed by atoms with Gasteiger partial charge in [-0.05, 0) is 51.4 Å². The molecule has 1 heterocycles. The van der Waals surface area contributed by atoms with Gasteiger partial charge in [0.2, 0.25) is 5.91 Å². The summed E-state index contributed by atoms with van der Waals surface area (Å²) in [7, 11) is 0. The summed E-state index contributed by atoms with van der Waals surface area (Å²) in [5.41, 5.74) is 2.89. The van der Waals surface area contributed by atoms with E-state index in [4.69, 9.17) is 4.74 Å². The van der Waals surface area contributed by atoms with Gasteiger partial charge < -0.3 is 10.1 Å². The van der Waals surface area contributed by atoms with Gasteiger partial charge in [-0.25, -0.2) is 0 Å². The number of piperidine rings is 1. The van der Waals surface area contributed by atoms with Crippen LogP contribution in [0.4, 0.5) is 5.69 Å². The molecule has 0 aromatic heterocycles. The monoisotopic (exact) mass is 380 g/mol. The average molecular weight is 380 g/mol. The number of hydrogen-bond acceptors (Lipinski definition) is 4. The minimum atomic E-state index is -0.257. The number of carbonyl (C=O) groups excluding carboxylic acids is 2. The van der Waals surface area contributed by atoms with Crippen LogP contribution >= 0.6 is 0 Å². The lowest BCUT2D eigenvalue weighted by Crippen LogP contribution is -2.47. The number of ether oxygens (including phenoxy) is 1. The van der Waals surface area contributed by atoms with E-state index in [9.17, 15) is 9.59 Å². The quantitative estimate of drug-likeness (QED) is 0.771. The highest BCUT2D eigenvalue weighted by Gasteiger charge is 2.30. The second-order valence-corrected chi connectivity index (χ2v) is 7.14. The summed E-state index contributed by atoms with van der Waals surface area (Å²) in [5, 5.41) is 3.09. The van der Waals surface area contributed by atoms with Crippen molar-refractivity contribution in [2.24, 2.45) is 5.92 Å². The SMILES string of the molecule is CCOC(=O)C1CCN([C@@H](C)C(=O)Nc2ccccc2-c2ccccc2)CC1. The van der Waals surface area contributed by atoms with E-state index in [0.717, 1.165) is 42.7 Å². The Kier molecular flexibility index (Phi) is 6.82. The molecule has 0 spiro atoms. The Morgan fingerprint density at radius 2 is 1.71 bits per heavy atom. The van der Waals surface area contributed by atoms with Crippen LogP contribution in [0, 0.1) is 5.92 Å². The minimum absolute atomic E-state index is 0.0297. The highest BCUT2D eigenvalue weighted by Crippen LogP contribution is 2.28. The Labute approximate surface area is 166 Å². The van der Waals surface area contributed by atoms with E-state index < -0.39 is 0 Å². The van der Waals surface area contributed by atoms with Gasteiger partial charge in [0, 0.05) is 11.3 Å². The number of benzene rings is 2. The van der Waals surface area contributed by atoms with Crippen LogP contribution in [0.1, 0.15) is 26.7 Å². The number of anilines is 1. The molecule has 1 amide bonds. The van der Waals surface area contributed by atoms with E-state index in [1.54, 1.807) is 0 Å². The number of likely N-dealkylation sites (tertiary alicyclic amines) is 1. The van der Waals surface area contributed by atoms with E-state index in [0.29, 0.717) is 6.61 Å². The molecular weight excluding hydrogens is 352 g/mol. The van der Waals surface area contributed by atoms with Crippen molar-refractivity contribution in [2.75, 3.05) is 25.0 Å². The van der Waals surface area contributed by atoms with Crippen LogP contribution in [0.5, 0.6) is 0 Å². The second kappa shape index (κ2) is 9.51. The van der Waals surface area contributed by atoms with Crippen LogP contribution in [0.25, 0.3) is 11.1 Å². The van der Waals surface area contributed by atoms with Gasteiger partial charge in [-0.15, -0.1) is 0 Å². The largest absolute Gasteiger partial charge is 0.466 e. The molecule has 1 aliphatic heterocycles. The van der Waals surface area contributed by atoms with Crippen LogP contribution in [-0.4, -0.2) is 42.5 Å². The highest BCUT2D eigenvalue weighted by atomic mass is 16.5. The molecule has 28 heavy (non-hydrogen) atoms. The molecule has 0 aliphatic carbocycles. The van der Waals surface area contributed by atoms with Gasteiger partial charge in [-0.1, -0.05) is 48.5 Å². The summed E-state index contributed by atoms with van der Waals surface area (Å²) in [6, 6.07) is 17.6. The van der Waals surface area contributed by atoms with Gasteiger partial charge in [0.15, 0.2) is 0 Å². The molecule has 1 N–H and O–H groups in total. The van der Waals surface area contributed by atoms with E-state index in [1.165, 1.54) is 0 Å². The maximum atomic E-state index is 12.9. The van der Waals surface area contributed by atoms with E-state index in [1.807, 2.05) is 68.4 Å². The zero-order valence-corrected chi connectivity index (χ0v) is 16.6. The van der Waals surface area contributed by atoms with Gasteiger partial charge in [-0.3, -0.25) is 14.5 Å². The molecule has 0 saturated carbocycles. The molecule has 1 fully saturated rings. The maximum Gasteiger partial charge on any atom is 0.309 e. The number of nitrogens with one attached hydrogen (secondary N) is 1. The molecule has 3 rings (SSSR count). The molecule has 0 unspecified atom stereocenters. The summed E-state index contributed by atoms with van der Waals surface area (Å²) in [6.45, 7) is 5.60. The van der Waals surface area contributed by atoms with Crippen LogP contribution in [0.2, 0.25) is 0 Å². The zero-order chi connectivity index (χ0) is 19.9. The topological polar surface area (TPSA) is 58.6 Å². The first-order valence-electron chi connectivity index (χ1n) is 9.96. The van der Waals surface area contributed by atoms with Crippen molar-refractivity contribution < 1.29 is 14.3 Å². The van der Waals surface area contributed by atoms with Crippen molar-refractivity contribution in [2.45, 2.75) is 32.7 Å². The highest BCUT2D eigenvalue weighted by molar-refractivity contribution is 5.98. The molecule has 1 atom stereocenters. The predicted octanol–water partition coefficient (Wildman–Crippen LogP) is 3.96. The molecule has 1 aliphatic rings. The first kappa shape index (κ1) is 20.1. The zero-order valence-electron chi connectivity index (χ0n) is 16.6. The molecule has 1 saturated heterocycles. The lowest BCUT2D eigenvalue weighted by Gasteiger charge is -2.34. The third-order valence-corrected chi connectivity index (χ3v) is 5.35. The van der Waals surface area contributed by atoms with E-state index >= 15 is 0 Å². The Balaban J connectivity index is 1.62. The first-order valence-corrected chi connectivity index (χ1v) is 9.96. The van der Waals surface area contributed by atoms with Gasteiger partial charge in [0.25, 0.3) is 0 Å². The molecule has 2 aromatic rings. The van der Waals surface area contributed by atoms with Gasteiger partial charge in [0.05, 0.1) is 18.6 Å². The van der Waals surface area contributed by atoms with Gasteiger partial charge >= 0.3 is 5.97 Å². The lowest BCUT2D eigenvalue weighted by atomic mass is 9.96. The smallest absolute Gasteiger partial charge is 0.309 e. The van der Waals surface area contributed by atoms with Crippen molar-refractivity contribution >= 4 is 17.6 Å². The minimum Gasteiger partial charge on any atom is -0.466 e.